The largest absolute Gasteiger partial charge is 0.469 e. The minimum atomic E-state index is -4.60. The third-order valence-corrected chi connectivity index (χ3v) is 8.36. The van der Waals surface area contributed by atoms with Crippen molar-refractivity contribution in [3.63, 3.8) is 0 Å². The van der Waals surface area contributed by atoms with Crippen LogP contribution in [-0.2, 0) is 31.7 Å². The standard InChI is InChI=1S/C33H31ClF3N3O4/c1-19-4-3-5-29(40-13-11-22(17-30(40)41)25-18-23(34)7-9-26(25)33(35,36)37)28-16-21(10-12-38-28)24-8-6-20(15-31(42)44-2)14-27(24)39-32(19)43/h6-10,12,14,16-19,29H,3-5,11,13,15H2,1-2H3,(H,39,43)/t19-,29+/m1/s1. The summed E-state index contributed by atoms with van der Waals surface area (Å²) >= 11 is 6.05. The molecule has 0 aliphatic carbocycles. The van der Waals surface area contributed by atoms with Gasteiger partial charge in [-0.3, -0.25) is 19.4 Å². The van der Waals surface area contributed by atoms with Crippen LogP contribution in [0.1, 0.15) is 61.0 Å². The first-order chi connectivity index (χ1) is 20.9. The number of nitrogens with one attached hydrogen (secondary N) is 1. The van der Waals surface area contributed by atoms with Crippen molar-refractivity contribution in [2.24, 2.45) is 5.92 Å². The number of pyridine rings is 1. The Balaban J connectivity index is 1.52. The van der Waals surface area contributed by atoms with Crippen LogP contribution in [0.5, 0.6) is 0 Å². The van der Waals surface area contributed by atoms with Crippen LogP contribution in [-0.4, -0.2) is 41.3 Å². The van der Waals surface area contributed by atoms with Gasteiger partial charge in [0.15, 0.2) is 0 Å². The monoisotopic (exact) mass is 625 g/mol. The number of ether oxygens (including phenoxy) is 1. The molecule has 2 atom stereocenters. The number of carbonyl (C=O) groups excluding carboxylic acids is 3. The zero-order chi connectivity index (χ0) is 31.6. The first-order valence-corrected chi connectivity index (χ1v) is 14.7. The van der Waals surface area contributed by atoms with Gasteiger partial charge in [0.2, 0.25) is 11.8 Å². The van der Waals surface area contributed by atoms with E-state index in [1.807, 2.05) is 19.1 Å². The van der Waals surface area contributed by atoms with Gasteiger partial charge in [-0.2, -0.15) is 13.2 Å². The minimum Gasteiger partial charge on any atom is -0.469 e. The molecule has 3 aromatic rings. The number of hydrogen-bond donors (Lipinski definition) is 1. The second-order valence-corrected chi connectivity index (χ2v) is 11.5. The molecule has 5 rings (SSSR count). The molecular weight excluding hydrogens is 595 g/mol. The summed E-state index contributed by atoms with van der Waals surface area (Å²) in [5, 5.41) is 3.17. The second-order valence-electron chi connectivity index (χ2n) is 11.1. The van der Waals surface area contributed by atoms with E-state index in [1.165, 1.54) is 25.3 Å². The van der Waals surface area contributed by atoms with Crippen molar-refractivity contribution in [2.45, 2.75) is 51.2 Å². The summed E-state index contributed by atoms with van der Waals surface area (Å²) < 4.78 is 46.1. The lowest BCUT2D eigenvalue weighted by molar-refractivity contribution is -0.140. The average molecular weight is 626 g/mol. The Kier molecular flexibility index (Phi) is 9.10. The number of alkyl halides is 3. The van der Waals surface area contributed by atoms with E-state index in [9.17, 15) is 27.6 Å². The van der Waals surface area contributed by atoms with Gasteiger partial charge in [-0.05, 0) is 77.9 Å². The predicted octanol–water partition coefficient (Wildman–Crippen LogP) is 7.25. The maximum absolute atomic E-state index is 13.8. The fraction of sp³-hybridized carbons (Fsp3) is 0.333. The summed E-state index contributed by atoms with van der Waals surface area (Å²) in [5.74, 6) is -1.33. The summed E-state index contributed by atoms with van der Waals surface area (Å²) in [6.45, 7) is 2.02. The Morgan fingerprint density at radius 1 is 1.09 bits per heavy atom. The van der Waals surface area contributed by atoms with Crippen LogP contribution >= 0.6 is 11.6 Å². The SMILES string of the molecule is COC(=O)Cc1ccc2c(c1)NC(=O)[C@H](C)CCC[C@H](N1CCC(c3cc(Cl)ccc3C(F)(F)F)=CC1=O)c1cc-2ccn1. The summed E-state index contributed by atoms with van der Waals surface area (Å²) in [7, 11) is 1.31. The number of methoxy groups -OCH3 is 1. The summed E-state index contributed by atoms with van der Waals surface area (Å²) in [5.41, 5.74) is 2.67. The van der Waals surface area contributed by atoms with Gasteiger partial charge in [0.1, 0.15) is 0 Å². The van der Waals surface area contributed by atoms with Crippen LogP contribution in [0, 0.1) is 5.92 Å². The molecule has 2 aliphatic rings. The molecule has 0 spiro atoms. The Labute approximate surface area is 258 Å². The summed E-state index contributed by atoms with van der Waals surface area (Å²) in [4.78, 5) is 44.9. The molecule has 1 aromatic heterocycles. The molecule has 7 nitrogen and oxygen atoms in total. The van der Waals surface area contributed by atoms with Gasteiger partial charge in [-0.25, -0.2) is 0 Å². The van der Waals surface area contributed by atoms with Crippen LogP contribution in [0.3, 0.4) is 0 Å². The molecule has 2 aromatic carbocycles. The smallest absolute Gasteiger partial charge is 0.416 e. The molecule has 11 heteroatoms. The highest BCUT2D eigenvalue weighted by Gasteiger charge is 2.36. The average Bonchev–Trinajstić information content (AvgIpc) is 2.98. The van der Waals surface area contributed by atoms with Crippen molar-refractivity contribution < 1.29 is 32.3 Å². The molecule has 44 heavy (non-hydrogen) atoms. The molecule has 0 radical (unpaired) electrons. The highest BCUT2D eigenvalue weighted by Crippen LogP contribution is 2.40. The third-order valence-electron chi connectivity index (χ3n) is 8.13. The van der Waals surface area contributed by atoms with E-state index in [4.69, 9.17) is 16.3 Å². The summed E-state index contributed by atoms with van der Waals surface area (Å²) in [6, 6.07) is 12.0. The summed E-state index contributed by atoms with van der Waals surface area (Å²) in [6.07, 6.45) is 0.209. The Morgan fingerprint density at radius 3 is 2.61 bits per heavy atom. The topological polar surface area (TPSA) is 88.6 Å². The van der Waals surface area contributed by atoms with E-state index < -0.39 is 29.7 Å². The minimum absolute atomic E-state index is 0.0467. The molecule has 230 valence electrons. The van der Waals surface area contributed by atoms with Crippen molar-refractivity contribution in [1.82, 2.24) is 9.88 Å². The Hall–Kier alpha value is -4.18. The number of amides is 2. The molecule has 0 fully saturated rings. The first kappa shape index (κ1) is 31.3. The Bertz CT molecular complexity index is 1640. The van der Waals surface area contributed by atoms with E-state index in [0.717, 1.165) is 17.2 Å². The van der Waals surface area contributed by atoms with E-state index in [0.29, 0.717) is 36.2 Å². The lowest BCUT2D eigenvalue weighted by Crippen LogP contribution is -2.38. The van der Waals surface area contributed by atoms with Gasteiger partial charge in [-0.15, -0.1) is 0 Å². The van der Waals surface area contributed by atoms with E-state index >= 15 is 0 Å². The van der Waals surface area contributed by atoms with Crippen molar-refractivity contribution in [3.05, 3.63) is 88.2 Å². The van der Waals surface area contributed by atoms with Crippen LogP contribution in [0.15, 0.2) is 60.8 Å². The van der Waals surface area contributed by atoms with Gasteiger partial charge in [0.05, 0.1) is 30.8 Å². The van der Waals surface area contributed by atoms with Crippen LogP contribution in [0.25, 0.3) is 16.7 Å². The quantitative estimate of drug-likeness (QED) is 0.309. The molecule has 0 saturated heterocycles. The number of benzene rings is 2. The number of halogens is 4. The molecule has 2 amide bonds. The number of carbonyl (C=O) groups is 3. The Morgan fingerprint density at radius 2 is 1.89 bits per heavy atom. The molecule has 1 N–H and O–H groups in total. The van der Waals surface area contributed by atoms with Crippen LogP contribution in [0.4, 0.5) is 18.9 Å². The maximum Gasteiger partial charge on any atom is 0.416 e. The van der Waals surface area contributed by atoms with E-state index in [1.54, 1.807) is 29.3 Å². The highest BCUT2D eigenvalue weighted by molar-refractivity contribution is 6.30. The number of rotatable bonds is 4. The highest BCUT2D eigenvalue weighted by atomic mass is 35.5. The fourth-order valence-corrected chi connectivity index (χ4v) is 5.94. The lowest BCUT2D eigenvalue weighted by atomic mass is 9.91. The predicted molar refractivity (Wildman–Crippen MR) is 161 cm³/mol. The number of nitrogens with zero attached hydrogens (tertiary/aromatic N) is 2. The zero-order valence-electron chi connectivity index (χ0n) is 24.2. The molecule has 0 unspecified atom stereocenters. The molecule has 0 saturated carbocycles. The van der Waals surface area contributed by atoms with Crippen molar-refractivity contribution >= 4 is 40.6 Å². The van der Waals surface area contributed by atoms with Gasteiger partial charge in [-0.1, -0.05) is 37.1 Å². The van der Waals surface area contributed by atoms with Crippen molar-refractivity contribution in [2.75, 3.05) is 19.0 Å². The number of hydrogen-bond acceptors (Lipinski definition) is 5. The van der Waals surface area contributed by atoms with Gasteiger partial charge < -0.3 is 15.0 Å². The van der Waals surface area contributed by atoms with Crippen LogP contribution in [0.2, 0.25) is 5.02 Å². The van der Waals surface area contributed by atoms with E-state index in [-0.39, 0.29) is 47.4 Å². The second kappa shape index (κ2) is 12.8. The lowest BCUT2D eigenvalue weighted by Gasteiger charge is -2.35. The van der Waals surface area contributed by atoms with Crippen molar-refractivity contribution in [1.29, 1.82) is 0 Å². The first-order valence-electron chi connectivity index (χ1n) is 14.3. The number of aromatic nitrogens is 1. The third kappa shape index (κ3) is 6.80. The number of anilines is 1. The van der Waals surface area contributed by atoms with Gasteiger partial charge >= 0.3 is 12.1 Å². The number of fused-ring (bicyclic) bond motifs is 4. The maximum atomic E-state index is 13.8. The molecular formula is C33H31ClF3N3O4. The fourth-order valence-electron chi connectivity index (χ4n) is 5.77. The van der Waals surface area contributed by atoms with Gasteiger partial charge in [0.25, 0.3) is 0 Å². The molecule has 2 aliphatic heterocycles. The molecule has 3 heterocycles. The van der Waals surface area contributed by atoms with E-state index in [2.05, 4.69) is 10.3 Å². The van der Waals surface area contributed by atoms with Crippen LogP contribution < -0.4 is 5.32 Å². The van der Waals surface area contributed by atoms with Crippen molar-refractivity contribution in [3.8, 4) is 11.1 Å². The number of esters is 1. The normalized spacial score (nSPS) is 19.2. The van der Waals surface area contributed by atoms with Gasteiger partial charge in [0, 0.05) is 41.0 Å². The molecule has 2 bridgehead atoms. The zero-order valence-corrected chi connectivity index (χ0v) is 25.0.